The van der Waals surface area contributed by atoms with Gasteiger partial charge in [-0.05, 0) is 35.2 Å². The number of carbonyl (C=O) groups is 2. The molecule has 2 rings (SSSR count). The van der Waals surface area contributed by atoms with Gasteiger partial charge in [-0.2, -0.15) is 0 Å². The Morgan fingerprint density at radius 1 is 1.08 bits per heavy atom. The summed E-state index contributed by atoms with van der Waals surface area (Å²) in [6, 6.07) is 12.4. The lowest BCUT2D eigenvalue weighted by Crippen LogP contribution is -2.25. The van der Waals surface area contributed by atoms with Gasteiger partial charge >= 0.3 is 0 Å². The first-order valence-electron chi connectivity index (χ1n) is 7.91. The first-order chi connectivity index (χ1) is 11.7. The van der Waals surface area contributed by atoms with Crippen LogP contribution in [0.15, 0.2) is 42.5 Å². The van der Waals surface area contributed by atoms with E-state index in [1.807, 2.05) is 24.3 Å². The zero-order valence-corrected chi connectivity index (χ0v) is 15.3. The van der Waals surface area contributed by atoms with Crippen molar-refractivity contribution in [3.63, 3.8) is 0 Å². The molecule has 2 aromatic carbocycles. The van der Waals surface area contributed by atoms with E-state index in [0.29, 0.717) is 10.7 Å². The molecule has 0 aliphatic rings. The number of carbonyl (C=O) groups excluding carboxylic acids is 2. The summed E-state index contributed by atoms with van der Waals surface area (Å²) in [5, 5.41) is 6.24. The average molecular weight is 360 g/mol. The van der Waals surface area contributed by atoms with Crippen molar-refractivity contribution in [2.24, 2.45) is 5.73 Å². The number of hydrogen-bond acceptors (Lipinski definition) is 3. The van der Waals surface area contributed by atoms with Crippen molar-refractivity contribution in [1.29, 1.82) is 0 Å². The fourth-order valence-corrected chi connectivity index (χ4v) is 2.66. The lowest BCUT2D eigenvalue weighted by Gasteiger charge is -2.23. The molecule has 0 aromatic heterocycles. The summed E-state index contributed by atoms with van der Waals surface area (Å²) in [5.74, 6) is -0.828. The molecule has 0 heterocycles. The minimum absolute atomic E-state index is 0.000386. The lowest BCUT2D eigenvalue weighted by atomic mass is 9.86. The standard InChI is InChI=1S/C19H22ClN3O2/c1-19(2,3)14-6-4-5-7-16(14)23-17(24)11-22-15-9-8-12(20)10-13(15)18(21)25/h4-10,22H,11H2,1-3H3,(H2,21,25)(H,23,24). The van der Waals surface area contributed by atoms with Gasteiger partial charge in [0.1, 0.15) is 0 Å². The van der Waals surface area contributed by atoms with Crippen LogP contribution in [0.3, 0.4) is 0 Å². The Hall–Kier alpha value is -2.53. The van der Waals surface area contributed by atoms with Gasteiger partial charge in [-0.15, -0.1) is 0 Å². The minimum Gasteiger partial charge on any atom is -0.375 e. The number of nitrogens with two attached hydrogens (primary N) is 1. The SMILES string of the molecule is CC(C)(C)c1ccccc1NC(=O)CNc1ccc(Cl)cc1C(N)=O. The molecule has 0 saturated heterocycles. The molecule has 0 fully saturated rings. The number of anilines is 2. The third kappa shape index (κ3) is 4.97. The summed E-state index contributed by atoms with van der Waals surface area (Å²) in [7, 11) is 0. The number of benzene rings is 2. The molecule has 2 amide bonds. The van der Waals surface area contributed by atoms with E-state index in [1.165, 1.54) is 6.07 Å². The minimum atomic E-state index is -0.608. The van der Waals surface area contributed by atoms with Crippen molar-refractivity contribution < 1.29 is 9.59 Å². The molecule has 6 heteroatoms. The molecular weight excluding hydrogens is 338 g/mol. The molecule has 0 bridgehead atoms. The summed E-state index contributed by atoms with van der Waals surface area (Å²) >= 11 is 5.88. The van der Waals surface area contributed by atoms with Crippen molar-refractivity contribution >= 4 is 34.8 Å². The second kappa shape index (κ2) is 7.57. The first-order valence-corrected chi connectivity index (χ1v) is 8.29. The van der Waals surface area contributed by atoms with E-state index in [2.05, 4.69) is 31.4 Å². The van der Waals surface area contributed by atoms with Crippen LogP contribution in [0.2, 0.25) is 5.02 Å². The van der Waals surface area contributed by atoms with E-state index in [0.717, 1.165) is 11.3 Å². The largest absolute Gasteiger partial charge is 0.375 e. The topological polar surface area (TPSA) is 84.2 Å². The zero-order valence-electron chi connectivity index (χ0n) is 14.5. The third-order valence-electron chi connectivity index (χ3n) is 3.70. The van der Waals surface area contributed by atoms with Crippen LogP contribution in [0.4, 0.5) is 11.4 Å². The summed E-state index contributed by atoms with van der Waals surface area (Å²) < 4.78 is 0. The van der Waals surface area contributed by atoms with Gasteiger partial charge in [0.2, 0.25) is 5.91 Å². The Labute approximate surface area is 152 Å². The van der Waals surface area contributed by atoms with Gasteiger partial charge in [-0.25, -0.2) is 0 Å². The molecule has 0 aliphatic carbocycles. The maximum Gasteiger partial charge on any atom is 0.250 e. The van der Waals surface area contributed by atoms with Gasteiger partial charge < -0.3 is 16.4 Å². The fourth-order valence-electron chi connectivity index (χ4n) is 2.49. The lowest BCUT2D eigenvalue weighted by molar-refractivity contribution is -0.114. The van der Waals surface area contributed by atoms with Gasteiger partial charge in [-0.1, -0.05) is 50.6 Å². The normalized spacial score (nSPS) is 11.0. The average Bonchev–Trinajstić information content (AvgIpc) is 2.53. The van der Waals surface area contributed by atoms with Crippen molar-refractivity contribution in [3.8, 4) is 0 Å². The van der Waals surface area contributed by atoms with Crippen LogP contribution in [0, 0.1) is 0 Å². The van der Waals surface area contributed by atoms with Crippen molar-refractivity contribution in [1.82, 2.24) is 0 Å². The van der Waals surface area contributed by atoms with Crippen molar-refractivity contribution in [2.75, 3.05) is 17.2 Å². The molecule has 2 aromatic rings. The van der Waals surface area contributed by atoms with Gasteiger partial charge in [-0.3, -0.25) is 9.59 Å². The molecule has 0 unspecified atom stereocenters. The fraction of sp³-hybridized carbons (Fsp3) is 0.263. The van der Waals surface area contributed by atoms with Gasteiger partial charge in [0.05, 0.1) is 12.1 Å². The molecule has 0 radical (unpaired) electrons. The zero-order chi connectivity index (χ0) is 18.6. The van der Waals surface area contributed by atoms with E-state index < -0.39 is 5.91 Å². The van der Waals surface area contributed by atoms with E-state index in [4.69, 9.17) is 17.3 Å². The maximum absolute atomic E-state index is 12.3. The predicted molar refractivity (Wildman–Crippen MR) is 102 cm³/mol. The molecule has 4 N–H and O–H groups in total. The van der Waals surface area contributed by atoms with Crippen LogP contribution < -0.4 is 16.4 Å². The Morgan fingerprint density at radius 2 is 1.76 bits per heavy atom. The number of halogens is 1. The summed E-state index contributed by atoms with van der Waals surface area (Å²) in [6.45, 7) is 6.26. The smallest absolute Gasteiger partial charge is 0.250 e. The molecule has 0 saturated carbocycles. The molecule has 5 nitrogen and oxygen atoms in total. The molecule has 0 aliphatic heterocycles. The van der Waals surface area contributed by atoms with E-state index in [1.54, 1.807) is 12.1 Å². The van der Waals surface area contributed by atoms with E-state index >= 15 is 0 Å². The van der Waals surface area contributed by atoms with Crippen LogP contribution in [0.1, 0.15) is 36.7 Å². The summed E-state index contributed by atoms with van der Waals surface area (Å²) in [5.41, 5.74) is 7.79. The second-order valence-electron chi connectivity index (χ2n) is 6.75. The number of nitrogens with one attached hydrogen (secondary N) is 2. The highest BCUT2D eigenvalue weighted by atomic mass is 35.5. The van der Waals surface area contributed by atoms with Gasteiger partial charge in [0, 0.05) is 16.4 Å². The Kier molecular flexibility index (Phi) is 5.69. The van der Waals surface area contributed by atoms with Gasteiger partial charge in [0.15, 0.2) is 0 Å². The quantitative estimate of drug-likeness (QED) is 0.759. The van der Waals surface area contributed by atoms with Crippen LogP contribution in [-0.4, -0.2) is 18.4 Å². The highest BCUT2D eigenvalue weighted by molar-refractivity contribution is 6.31. The van der Waals surface area contributed by atoms with Crippen LogP contribution in [-0.2, 0) is 10.2 Å². The predicted octanol–water partition coefficient (Wildman–Crippen LogP) is 3.79. The number of rotatable bonds is 5. The van der Waals surface area contributed by atoms with E-state index in [9.17, 15) is 9.59 Å². The Bertz CT molecular complexity index is 797. The number of primary amides is 1. The Balaban J connectivity index is 2.09. The van der Waals surface area contributed by atoms with Crippen molar-refractivity contribution in [2.45, 2.75) is 26.2 Å². The molecular formula is C19H22ClN3O2. The van der Waals surface area contributed by atoms with Crippen LogP contribution >= 0.6 is 11.6 Å². The second-order valence-corrected chi connectivity index (χ2v) is 7.19. The highest BCUT2D eigenvalue weighted by Crippen LogP contribution is 2.29. The number of hydrogen-bond donors (Lipinski definition) is 3. The van der Waals surface area contributed by atoms with Crippen LogP contribution in [0.25, 0.3) is 0 Å². The monoisotopic (exact) mass is 359 g/mol. The number of para-hydroxylation sites is 1. The molecule has 25 heavy (non-hydrogen) atoms. The Morgan fingerprint density at radius 3 is 2.40 bits per heavy atom. The third-order valence-corrected chi connectivity index (χ3v) is 3.93. The molecule has 0 atom stereocenters. The van der Waals surface area contributed by atoms with Gasteiger partial charge in [0.25, 0.3) is 5.91 Å². The first kappa shape index (κ1) is 18.8. The molecule has 132 valence electrons. The highest BCUT2D eigenvalue weighted by Gasteiger charge is 2.18. The number of amides is 2. The summed E-state index contributed by atoms with van der Waals surface area (Å²) in [4.78, 5) is 23.8. The molecule has 0 spiro atoms. The summed E-state index contributed by atoms with van der Waals surface area (Å²) in [6.07, 6.45) is 0. The van der Waals surface area contributed by atoms with Crippen LogP contribution in [0.5, 0.6) is 0 Å². The van der Waals surface area contributed by atoms with Crippen molar-refractivity contribution in [3.05, 3.63) is 58.6 Å². The van der Waals surface area contributed by atoms with E-state index in [-0.39, 0.29) is 23.4 Å². The maximum atomic E-state index is 12.3.